The van der Waals surface area contributed by atoms with Crippen LogP contribution in [0.4, 0.5) is 17.6 Å². The molecule has 0 fully saturated rings. The van der Waals surface area contributed by atoms with E-state index in [4.69, 9.17) is 0 Å². The standard InChI is InChI=1S/C19H12F4N4/c20-15-4-2-1-3-14(15)17-25-16-10-27(11-24-18(16)26-17)9-12-5-7-13(8-6-12)19(21,22)23/h1-8,10-11H,9H2. The monoisotopic (exact) mass is 372 g/mol. The Bertz CT molecular complexity index is 1050. The van der Waals surface area contributed by atoms with Crippen LogP contribution in [0, 0.1) is 5.82 Å². The van der Waals surface area contributed by atoms with Crippen molar-refractivity contribution in [2.45, 2.75) is 12.7 Å². The van der Waals surface area contributed by atoms with E-state index in [9.17, 15) is 17.6 Å². The Morgan fingerprint density at radius 2 is 1.63 bits per heavy atom. The molecule has 2 aromatic carbocycles. The molecule has 2 aliphatic rings. The van der Waals surface area contributed by atoms with Crippen molar-refractivity contribution < 1.29 is 17.6 Å². The number of nitrogens with zero attached hydrogens (tertiary/aromatic N) is 4. The van der Waals surface area contributed by atoms with Gasteiger partial charge in [0.1, 0.15) is 11.5 Å². The number of aromatic nitrogens is 4. The number of fused-ring (bicyclic) bond motifs is 1. The maximum absolute atomic E-state index is 13.9. The predicted molar refractivity (Wildman–Crippen MR) is 90.4 cm³/mol. The Morgan fingerprint density at radius 3 is 2.33 bits per heavy atom. The molecule has 0 amide bonds. The zero-order chi connectivity index (χ0) is 19.0. The number of hydrogen-bond acceptors (Lipinski definition) is 3. The Hall–Kier alpha value is -3.29. The second-order valence-electron chi connectivity index (χ2n) is 5.98. The number of alkyl halides is 3. The third-order valence-electron chi connectivity index (χ3n) is 4.04. The minimum Gasteiger partial charge on any atom is -0.332 e. The van der Waals surface area contributed by atoms with Crippen molar-refractivity contribution in [3.8, 4) is 22.9 Å². The van der Waals surface area contributed by atoms with Crippen LogP contribution in [0.3, 0.4) is 0 Å². The van der Waals surface area contributed by atoms with Gasteiger partial charge in [-0.3, -0.25) is 0 Å². The lowest BCUT2D eigenvalue weighted by Crippen LogP contribution is -2.06. The van der Waals surface area contributed by atoms with Gasteiger partial charge in [-0.15, -0.1) is 0 Å². The highest BCUT2D eigenvalue weighted by molar-refractivity contribution is 5.63. The van der Waals surface area contributed by atoms with E-state index in [1.807, 2.05) is 0 Å². The van der Waals surface area contributed by atoms with E-state index in [1.165, 1.54) is 24.5 Å². The SMILES string of the molecule is Fc1ccccc1-c1nc2cn(Cc3ccc(C(F)(F)F)cc3)cnc-2n1. The summed E-state index contributed by atoms with van der Waals surface area (Å²) in [5.74, 6) is 0.185. The number of hydrogen-bond donors (Lipinski definition) is 0. The minimum atomic E-state index is -4.36. The van der Waals surface area contributed by atoms with Gasteiger partial charge in [-0.05, 0) is 29.8 Å². The van der Waals surface area contributed by atoms with Gasteiger partial charge in [0.15, 0.2) is 11.6 Å². The molecule has 0 unspecified atom stereocenters. The molecule has 0 radical (unpaired) electrons. The van der Waals surface area contributed by atoms with E-state index in [0.29, 0.717) is 23.6 Å². The van der Waals surface area contributed by atoms with Gasteiger partial charge in [0, 0.05) is 12.7 Å². The molecular weight excluding hydrogens is 360 g/mol. The van der Waals surface area contributed by atoms with Crippen molar-refractivity contribution in [2.75, 3.05) is 0 Å². The van der Waals surface area contributed by atoms with Gasteiger partial charge in [-0.2, -0.15) is 13.2 Å². The maximum atomic E-state index is 13.9. The molecule has 2 heterocycles. The summed E-state index contributed by atoms with van der Waals surface area (Å²) in [4.78, 5) is 12.7. The lowest BCUT2D eigenvalue weighted by Gasteiger charge is -2.09. The van der Waals surface area contributed by atoms with Gasteiger partial charge >= 0.3 is 6.18 Å². The molecule has 0 atom stereocenters. The fourth-order valence-electron chi connectivity index (χ4n) is 2.71. The molecule has 0 spiro atoms. The number of rotatable bonds is 3. The Labute approximate surface area is 151 Å². The highest BCUT2D eigenvalue weighted by atomic mass is 19.4. The predicted octanol–water partition coefficient (Wildman–Crippen LogP) is 4.65. The van der Waals surface area contributed by atoms with Gasteiger partial charge in [0.05, 0.1) is 17.5 Å². The van der Waals surface area contributed by atoms with E-state index in [-0.39, 0.29) is 11.4 Å². The molecular formula is C19H12F4N4. The Kier molecular flexibility index (Phi) is 4.10. The molecule has 2 aliphatic heterocycles. The van der Waals surface area contributed by atoms with Crippen LogP contribution in [0.15, 0.2) is 61.1 Å². The van der Waals surface area contributed by atoms with Gasteiger partial charge in [0.2, 0.25) is 0 Å². The molecule has 0 aromatic heterocycles. The first-order chi connectivity index (χ1) is 12.9. The van der Waals surface area contributed by atoms with Gasteiger partial charge in [-0.25, -0.2) is 19.3 Å². The maximum Gasteiger partial charge on any atom is 0.416 e. The molecule has 0 saturated heterocycles. The van der Waals surface area contributed by atoms with Gasteiger partial charge in [-0.1, -0.05) is 24.3 Å². The summed E-state index contributed by atoms with van der Waals surface area (Å²) in [6.07, 6.45) is -1.17. The zero-order valence-corrected chi connectivity index (χ0v) is 13.8. The van der Waals surface area contributed by atoms with Crippen LogP contribution in [0.1, 0.15) is 11.1 Å². The van der Waals surface area contributed by atoms with Crippen molar-refractivity contribution in [2.24, 2.45) is 0 Å². The van der Waals surface area contributed by atoms with Crippen LogP contribution in [0.5, 0.6) is 0 Å². The lowest BCUT2D eigenvalue weighted by atomic mass is 10.1. The highest BCUT2D eigenvalue weighted by Crippen LogP contribution is 2.29. The van der Waals surface area contributed by atoms with E-state index in [2.05, 4.69) is 15.0 Å². The summed E-state index contributed by atoms with van der Waals surface area (Å²) in [5.41, 5.74) is 0.747. The lowest BCUT2D eigenvalue weighted by molar-refractivity contribution is -0.137. The number of benzene rings is 2. The molecule has 0 N–H and O–H groups in total. The second-order valence-corrected chi connectivity index (χ2v) is 5.98. The third kappa shape index (κ3) is 3.51. The average Bonchev–Trinajstić information content (AvgIpc) is 3.05. The Balaban J connectivity index is 1.61. The topological polar surface area (TPSA) is 43.6 Å². The van der Waals surface area contributed by atoms with Crippen molar-refractivity contribution in [3.05, 3.63) is 78.0 Å². The summed E-state index contributed by atoms with van der Waals surface area (Å²) in [6, 6.07) is 11.1. The first kappa shape index (κ1) is 17.1. The third-order valence-corrected chi connectivity index (χ3v) is 4.04. The van der Waals surface area contributed by atoms with Crippen molar-refractivity contribution in [1.29, 1.82) is 0 Å². The smallest absolute Gasteiger partial charge is 0.332 e. The first-order valence-electron chi connectivity index (χ1n) is 8.01. The molecule has 4 nitrogen and oxygen atoms in total. The summed E-state index contributed by atoms with van der Waals surface area (Å²) < 4.78 is 53.5. The molecule has 0 bridgehead atoms. The number of halogens is 4. The van der Waals surface area contributed by atoms with Crippen molar-refractivity contribution >= 4 is 0 Å². The largest absolute Gasteiger partial charge is 0.416 e. The van der Waals surface area contributed by atoms with E-state index >= 15 is 0 Å². The summed E-state index contributed by atoms with van der Waals surface area (Å²) in [7, 11) is 0. The minimum absolute atomic E-state index is 0.239. The zero-order valence-electron chi connectivity index (χ0n) is 13.8. The van der Waals surface area contributed by atoms with Crippen LogP contribution >= 0.6 is 0 Å². The summed E-state index contributed by atoms with van der Waals surface area (Å²) >= 11 is 0. The van der Waals surface area contributed by atoms with E-state index in [1.54, 1.807) is 29.0 Å². The Morgan fingerprint density at radius 1 is 0.889 bits per heavy atom. The molecule has 0 saturated carbocycles. The van der Waals surface area contributed by atoms with E-state index < -0.39 is 17.6 Å². The van der Waals surface area contributed by atoms with Crippen LogP contribution < -0.4 is 0 Å². The normalized spacial score (nSPS) is 11.9. The van der Waals surface area contributed by atoms with Crippen molar-refractivity contribution in [3.63, 3.8) is 0 Å². The molecule has 4 rings (SSSR count). The van der Waals surface area contributed by atoms with Crippen LogP contribution in [-0.2, 0) is 12.7 Å². The first-order valence-corrected chi connectivity index (χ1v) is 8.01. The quantitative estimate of drug-likeness (QED) is 0.492. The molecule has 136 valence electrons. The fraction of sp³-hybridized carbons (Fsp3) is 0.105. The van der Waals surface area contributed by atoms with Crippen LogP contribution in [0.25, 0.3) is 22.9 Å². The molecule has 27 heavy (non-hydrogen) atoms. The second kappa shape index (κ2) is 6.46. The number of imidazole rings is 1. The summed E-state index contributed by atoms with van der Waals surface area (Å²) in [6.45, 7) is 0.322. The van der Waals surface area contributed by atoms with Crippen LogP contribution in [0.2, 0.25) is 0 Å². The highest BCUT2D eigenvalue weighted by Gasteiger charge is 2.29. The van der Waals surface area contributed by atoms with Gasteiger partial charge < -0.3 is 4.57 Å². The summed E-state index contributed by atoms with van der Waals surface area (Å²) in [5, 5.41) is 0. The average molecular weight is 372 g/mol. The molecule has 8 heteroatoms. The van der Waals surface area contributed by atoms with Crippen molar-refractivity contribution in [1.82, 2.24) is 19.5 Å². The van der Waals surface area contributed by atoms with Gasteiger partial charge in [0.25, 0.3) is 0 Å². The molecule has 0 aliphatic carbocycles. The van der Waals surface area contributed by atoms with E-state index in [0.717, 1.165) is 12.1 Å². The fourth-order valence-corrected chi connectivity index (χ4v) is 2.71. The van der Waals surface area contributed by atoms with Crippen LogP contribution in [-0.4, -0.2) is 19.5 Å². The molecule has 2 aromatic rings.